The zero-order chi connectivity index (χ0) is 25.3. The van der Waals surface area contributed by atoms with Crippen molar-refractivity contribution in [3.63, 3.8) is 0 Å². The van der Waals surface area contributed by atoms with Crippen molar-refractivity contribution in [3.8, 4) is 0 Å². The van der Waals surface area contributed by atoms with E-state index in [1.165, 1.54) is 32.1 Å². The largest absolute Gasteiger partial charge is 0.299 e. The Hall–Kier alpha value is -1.74. The highest BCUT2D eigenvalue weighted by Gasteiger charge is 2.40. The van der Waals surface area contributed by atoms with Crippen LogP contribution in [0.25, 0.3) is 5.57 Å². The minimum atomic E-state index is 0.130. The average Bonchev–Trinajstić information content (AvgIpc) is 2.91. The second-order valence-electron chi connectivity index (χ2n) is 11.5. The lowest BCUT2D eigenvalue weighted by Crippen LogP contribution is -2.44. The number of rotatable bonds is 5. The van der Waals surface area contributed by atoms with Crippen LogP contribution < -0.4 is 0 Å². The van der Waals surface area contributed by atoms with E-state index in [1.807, 2.05) is 45.0 Å². The molecule has 2 heterocycles. The van der Waals surface area contributed by atoms with E-state index in [-0.39, 0.29) is 5.78 Å². The topological polar surface area (TPSA) is 37.4 Å². The number of hydrogen-bond donors (Lipinski definition) is 0. The maximum atomic E-state index is 11.4. The summed E-state index contributed by atoms with van der Waals surface area (Å²) in [6.07, 6.45) is 8.53. The molecule has 0 radical (unpaired) electrons. The van der Waals surface area contributed by atoms with Crippen molar-refractivity contribution in [3.05, 3.63) is 41.0 Å². The maximum absolute atomic E-state index is 11.4. The van der Waals surface area contributed by atoms with Gasteiger partial charge in [0.25, 0.3) is 0 Å². The monoisotopic (exact) mass is 455 g/mol. The van der Waals surface area contributed by atoms with Crippen LogP contribution in [0, 0.1) is 25.2 Å². The van der Waals surface area contributed by atoms with Crippen LogP contribution >= 0.6 is 0 Å². The highest BCUT2D eigenvalue weighted by molar-refractivity contribution is 6.20. The van der Waals surface area contributed by atoms with Crippen LogP contribution in [0.1, 0.15) is 104 Å². The standard InChI is InChI=1S/C13H16O.C12H21NO.C5H12/c1-5-12(11(4)14)13-9(2)7-6-8-10(13)3;1-3-10-6-11-4-5-12(7-10)13(11)8-9(2)14;1-5(2,3)4/h5-8H,1-4H3;10-12H,3-8H2,1-2H3;1-4H3/b12-5-;;. The van der Waals surface area contributed by atoms with Gasteiger partial charge in [-0.05, 0) is 88.3 Å². The fourth-order valence-corrected chi connectivity index (χ4v) is 5.00. The molecule has 1 aromatic rings. The summed E-state index contributed by atoms with van der Waals surface area (Å²) < 4.78 is 0. The van der Waals surface area contributed by atoms with E-state index in [4.69, 9.17) is 0 Å². The SMILES string of the molecule is C/C=C(/C(C)=O)c1c(C)cccc1C.CC(C)(C)C.CCC1CC2CCC(C1)N2CC(C)=O. The smallest absolute Gasteiger partial charge is 0.160 e. The Morgan fingerprint density at radius 1 is 1.00 bits per heavy atom. The van der Waals surface area contributed by atoms with Crippen LogP contribution in [0.4, 0.5) is 0 Å². The van der Waals surface area contributed by atoms with E-state index in [0.717, 1.165) is 40.3 Å². The van der Waals surface area contributed by atoms with Crippen molar-refractivity contribution in [2.75, 3.05) is 6.54 Å². The van der Waals surface area contributed by atoms with Gasteiger partial charge in [-0.3, -0.25) is 14.5 Å². The first-order valence-electron chi connectivity index (χ1n) is 12.8. The molecule has 0 aliphatic carbocycles. The van der Waals surface area contributed by atoms with Crippen molar-refractivity contribution < 1.29 is 9.59 Å². The quantitative estimate of drug-likeness (QED) is 0.429. The summed E-state index contributed by atoms with van der Waals surface area (Å²) in [5.74, 6) is 1.39. The number of Topliss-reactive ketones (excluding diaryl/α,β-unsaturated/α-hetero) is 2. The molecular formula is C30H49NO2. The molecule has 0 amide bonds. The van der Waals surface area contributed by atoms with Crippen LogP contribution in [-0.4, -0.2) is 35.1 Å². The van der Waals surface area contributed by atoms with Gasteiger partial charge in [0.15, 0.2) is 5.78 Å². The van der Waals surface area contributed by atoms with Crippen molar-refractivity contribution >= 4 is 17.1 Å². The molecule has 33 heavy (non-hydrogen) atoms. The molecule has 2 aliphatic heterocycles. The van der Waals surface area contributed by atoms with Gasteiger partial charge in [-0.1, -0.05) is 65.3 Å². The number of aryl methyl sites for hydroxylation is 2. The molecule has 3 heteroatoms. The minimum Gasteiger partial charge on any atom is -0.299 e. The van der Waals surface area contributed by atoms with Crippen LogP contribution in [0.2, 0.25) is 0 Å². The minimum absolute atomic E-state index is 0.130. The van der Waals surface area contributed by atoms with Crippen molar-refractivity contribution in [1.82, 2.24) is 4.90 Å². The van der Waals surface area contributed by atoms with Crippen molar-refractivity contribution in [2.24, 2.45) is 11.3 Å². The average molecular weight is 456 g/mol. The lowest BCUT2D eigenvalue weighted by Gasteiger charge is -2.38. The normalized spacial score (nSPS) is 22.6. The molecule has 2 fully saturated rings. The molecule has 2 unspecified atom stereocenters. The molecule has 2 aliphatic rings. The molecule has 3 nitrogen and oxygen atoms in total. The first-order valence-corrected chi connectivity index (χ1v) is 12.8. The number of hydrogen-bond acceptors (Lipinski definition) is 3. The second kappa shape index (κ2) is 13.2. The summed E-state index contributed by atoms with van der Waals surface area (Å²) in [5, 5.41) is 0. The third-order valence-electron chi connectivity index (χ3n) is 6.38. The van der Waals surface area contributed by atoms with Gasteiger partial charge in [-0.25, -0.2) is 0 Å². The van der Waals surface area contributed by atoms with Gasteiger partial charge in [0.2, 0.25) is 0 Å². The van der Waals surface area contributed by atoms with Crippen molar-refractivity contribution in [2.45, 2.75) is 113 Å². The molecule has 0 aromatic heterocycles. The van der Waals surface area contributed by atoms with Gasteiger partial charge in [-0.15, -0.1) is 0 Å². The van der Waals surface area contributed by atoms with Crippen LogP contribution in [-0.2, 0) is 9.59 Å². The molecule has 2 bridgehead atoms. The molecule has 1 aromatic carbocycles. The van der Waals surface area contributed by atoms with E-state index < -0.39 is 0 Å². The van der Waals surface area contributed by atoms with E-state index in [2.05, 4.69) is 39.5 Å². The summed E-state index contributed by atoms with van der Waals surface area (Å²) in [4.78, 5) is 25.0. The summed E-state index contributed by atoms with van der Waals surface area (Å²) in [7, 11) is 0. The number of allylic oxidation sites excluding steroid dienone is 2. The van der Waals surface area contributed by atoms with Crippen LogP contribution in [0.15, 0.2) is 24.3 Å². The van der Waals surface area contributed by atoms with Crippen LogP contribution in [0.3, 0.4) is 0 Å². The predicted molar refractivity (Wildman–Crippen MR) is 143 cm³/mol. The first-order chi connectivity index (χ1) is 15.3. The Bertz CT molecular complexity index is 775. The van der Waals surface area contributed by atoms with E-state index in [9.17, 15) is 9.59 Å². The first kappa shape index (κ1) is 29.3. The van der Waals surface area contributed by atoms with E-state index >= 15 is 0 Å². The number of ketones is 2. The number of carbonyl (C=O) groups excluding carboxylic acids is 2. The predicted octanol–water partition coefficient (Wildman–Crippen LogP) is 7.58. The summed E-state index contributed by atoms with van der Waals surface area (Å²) in [6.45, 7) is 21.1. The van der Waals surface area contributed by atoms with Gasteiger partial charge in [0, 0.05) is 17.7 Å². The molecule has 0 N–H and O–H groups in total. The zero-order valence-electron chi connectivity index (χ0n) is 23.0. The summed E-state index contributed by atoms with van der Waals surface area (Å²) in [6, 6.07) is 7.54. The lowest BCUT2D eigenvalue weighted by molar-refractivity contribution is -0.119. The van der Waals surface area contributed by atoms with Crippen LogP contribution in [0.5, 0.6) is 0 Å². The van der Waals surface area contributed by atoms with Gasteiger partial charge in [0.05, 0.1) is 6.54 Å². The number of benzene rings is 1. The Morgan fingerprint density at radius 3 is 1.79 bits per heavy atom. The Labute approximate surface area is 204 Å². The Balaban J connectivity index is 0.000000275. The summed E-state index contributed by atoms with van der Waals surface area (Å²) >= 11 is 0. The Morgan fingerprint density at radius 2 is 1.45 bits per heavy atom. The van der Waals surface area contributed by atoms with Crippen molar-refractivity contribution in [1.29, 1.82) is 0 Å². The molecule has 0 spiro atoms. The second-order valence-corrected chi connectivity index (χ2v) is 11.5. The zero-order valence-corrected chi connectivity index (χ0v) is 23.0. The number of piperidine rings is 1. The molecule has 3 rings (SSSR count). The van der Waals surface area contributed by atoms with E-state index in [1.54, 1.807) is 13.8 Å². The fourth-order valence-electron chi connectivity index (χ4n) is 5.00. The highest BCUT2D eigenvalue weighted by Crippen LogP contribution is 2.39. The highest BCUT2D eigenvalue weighted by atomic mass is 16.1. The third kappa shape index (κ3) is 9.96. The molecule has 0 saturated carbocycles. The lowest BCUT2D eigenvalue weighted by atomic mass is 9.89. The van der Waals surface area contributed by atoms with Gasteiger partial charge >= 0.3 is 0 Å². The third-order valence-corrected chi connectivity index (χ3v) is 6.38. The molecule has 186 valence electrons. The fraction of sp³-hybridized carbons (Fsp3) is 0.667. The van der Waals surface area contributed by atoms with E-state index in [0.29, 0.717) is 17.7 Å². The molecular weight excluding hydrogens is 406 g/mol. The molecule has 2 saturated heterocycles. The number of fused-ring (bicyclic) bond motifs is 2. The van der Waals surface area contributed by atoms with Gasteiger partial charge in [0.1, 0.15) is 5.78 Å². The Kier molecular flexibility index (Phi) is 11.7. The van der Waals surface area contributed by atoms with Gasteiger partial charge < -0.3 is 0 Å². The maximum Gasteiger partial charge on any atom is 0.160 e. The summed E-state index contributed by atoms with van der Waals surface area (Å²) in [5.41, 5.74) is 4.73. The number of carbonyl (C=O) groups is 2. The number of nitrogens with zero attached hydrogens (tertiary/aromatic N) is 1. The van der Waals surface area contributed by atoms with Gasteiger partial charge in [-0.2, -0.15) is 0 Å². The molecule has 2 atom stereocenters.